The van der Waals surface area contributed by atoms with Crippen molar-refractivity contribution in [1.82, 2.24) is 0 Å². The van der Waals surface area contributed by atoms with E-state index in [9.17, 15) is 15.0 Å². The van der Waals surface area contributed by atoms with Crippen molar-refractivity contribution in [3.8, 4) is 0 Å². The molecule has 8 atom stereocenters. The lowest BCUT2D eigenvalue weighted by Gasteiger charge is -2.61. The zero-order chi connectivity index (χ0) is 24.2. The normalized spacial score (nSPS) is 44.2. The van der Waals surface area contributed by atoms with E-state index in [1.807, 2.05) is 0 Å². The third kappa shape index (κ3) is 3.58. The predicted octanol–water partition coefficient (Wildman–Crippen LogP) is 7.40. The summed E-state index contributed by atoms with van der Waals surface area (Å²) in [5.74, 6) is 1.85. The van der Waals surface area contributed by atoms with E-state index in [-0.39, 0.29) is 23.9 Å². The minimum Gasteiger partial charge on any atom is -0.481 e. The molecule has 0 aromatic carbocycles. The molecule has 4 aliphatic carbocycles. The van der Waals surface area contributed by atoms with Gasteiger partial charge in [0.25, 0.3) is 0 Å². The number of allylic oxidation sites excluding steroid dienone is 2. The van der Waals surface area contributed by atoms with E-state index in [0.717, 1.165) is 36.7 Å². The highest BCUT2D eigenvalue weighted by atomic mass is 16.4. The zero-order valence-electron chi connectivity index (χ0n) is 21.9. The van der Waals surface area contributed by atoms with Crippen LogP contribution < -0.4 is 0 Å². The van der Waals surface area contributed by atoms with Crippen LogP contribution in [0.25, 0.3) is 0 Å². The molecule has 0 radical (unpaired) electrons. The van der Waals surface area contributed by atoms with Crippen molar-refractivity contribution in [2.24, 2.45) is 45.3 Å². The van der Waals surface area contributed by atoms with E-state index in [2.05, 4.69) is 47.3 Å². The highest BCUT2D eigenvalue weighted by Crippen LogP contribution is 2.87. The molecule has 4 rings (SSSR count). The average molecular weight is 457 g/mol. The van der Waals surface area contributed by atoms with E-state index in [1.54, 1.807) is 0 Å². The average Bonchev–Trinajstić information content (AvgIpc) is 3.35. The Balaban J connectivity index is 1.61. The molecule has 0 aromatic heterocycles. The van der Waals surface area contributed by atoms with Gasteiger partial charge in [-0.05, 0) is 129 Å². The van der Waals surface area contributed by atoms with Gasteiger partial charge in [-0.25, -0.2) is 0 Å². The summed E-state index contributed by atoms with van der Waals surface area (Å²) in [7, 11) is 0. The van der Waals surface area contributed by atoms with Gasteiger partial charge >= 0.3 is 5.97 Å². The van der Waals surface area contributed by atoms with E-state index in [0.29, 0.717) is 22.7 Å². The van der Waals surface area contributed by atoms with Gasteiger partial charge in [0.15, 0.2) is 0 Å². The minimum atomic E-state index is -0.681. The van der Waals surface area contributed by atoms with Gasteiger partial charge in [0.05, 0.1) is 6.61 Å². The summed E-state index contributed by atoms with van der Waals surface area (Å²) in [5.41, 5.74) is 3.44. The lowest BCUT2D eigenvalue weighted by molar-refractivity contribution is -0.139. The second-order valence-electron chi connectivity index (χ2n) is 13.2. The Kier molecular flexibility index (Phi) is 6.47. The minimum absolute atomic E-state index is 0.0422. The van der Waals surface area contributed by atoms with Gasteiger partial charge < -0.3 is 10.2 Å². The third-order valence-electron chi connectivity index (χ3n) is 11.9. The molecule has 4 fully saturated rings. The molecule has 1 unspecified atom stereocenters. The highest BCUT2D eigenvalue weighted by molar-refractivity contribution is 5.67. The van der Waals surface area contributed by atoms with Crippen LogP contribution in [0.5, 0.6) is 0 Å². The van der Waals surface area contributed by atoms with Crippen molar-refractivity contribution >= 4 is 5.97 Å². The second-order valence-corrected chi connectivity index (χ2v) is 13.2. The molecule has 2 N–H and O–H groups in total. The molecule has 0 bridgehead atoms. The first-order valence-electron chi connectivity index (χ1n) is 13.6. The van der Waals surface area contributed by atoms with Crippen molar-refractivity contribution < 1.29 is 15.0 Å². The van der Waals surface area contributed by atoms with E-state index in [4.69, 9.17) is 0 Å². The maximum Gasteiger partial charge on any atom is 0.303 e. The number of hydrogen-bond donors (Lipinski definition) is 2. The number of aliphatic hydroxyl groups is 1. The third-order valence-corrected chi connectivity index (χ3v) is 11.9. The van der Waals surface area contributed by atoms with Crippen LogP contribution in [-0.4, -0.2) is 22.8 Å². The van der Waals surface area contributed by atoms with Gasteiger partial charge in [-0.15, -0.1) is 0 Å². The summed E-state index contributed by atoms with van der Waals surface area (Å²) >= 11 is 0. The standard InChI is InChI=1S/C30H48O3/c1-20(2)8-7-9-21(3)23-12-14-28(6)25-11-10-24(22(4)18-31)29(15-13-26(32)33)19-30(25,29)17-16-27(23,28)5/h8,21,23-25,31H,4,7,9-19H2,1-3,5-6H3,(H,32,33)/t21?,23-,24+,25+,27-,28+,29-,30+/m1/s1. The van der Waals surface area contributed by atoms with Gasteiger partial charge in [0, 0.05) is 6.42 Å². The molecule has 3 heteroatoms. The lowest BCUT2D eigenvalue weighted by Crippen LogP contribution is -2.54. The Morgan fingerprint density at radius 1 is 1.12 bits per heavy atom. The molecular weight excluding hydrogens is 408 g/mol. The largest absolute Gasteiger partial charge is 0.481 e. The SMILES string of the molecule is C=C(CO)[C@@H]1CC[C@@H]2[C@]3(CC[C@]4(C)[C@@H](C(C)CCC=C(C)C)CC[C@@]24C)C[C@]13CCC(=O)O. The molecule has 33 heavy (non-hydrogen) atoms. The first-order chi connectivity index (χ1) is 15.5. The molecular formula is C30H48O3. The van der Waals surface area contributed by atoms with Crippen molar-refractivity contribution in [3.05, 3.63) is 23.8 Å². The van der Waals surface area contributed by atoms with Gasteiger partial charge in [-0.2, -0.15) is 0 Å². The number of hydrogen-bond acceptors (Lipinski definition) is 2. The Bertz CT molecular complexity index is 824. The molecule has 0 saturated heterocycles. The Labute approximate surface area is 202 Å². The Morgan fingerprint density at radius 2 is 1.85 bits per heavy atom. The maximum atomic E-state index is 11.6. The first kappa shape index (κ1) is 25.0. The van der Waals surface area contributed by atoms with Crippen molar-refractivity contribution in [2.45, 2.75) is 105 Å². The fraction of sp³-hybridized carbons (Fsp3) is 0.833. The molecule has 3 nitrogen and oxygen atoms in total. The van der Waals surface area contributed by atoms with Gasteiger partial charge in [0.2, 0.25) is 0 Å². The van der Waals surface area contributed by atoms with Gasteiger partial charge in [-0.3, -0.25) is 4.79 Å². The monoisotopic (exact) mass is 456 g/mol. The second kappa shape index (κ2) is 8.54. The molecule has 0 aromatic rings. The summed E-state index contributed by atoms with van der Waals surface area (Å²) in [6, 6.07) is 0. The predicted molar refractivity (Wildman–Crippen MR) is 135 cm³/mol. The summed E-state index contributed by atoms with van der Waals surface area (Å²) in [5, 5.41) is 19.5. The number of aliphatic hydroxyl groups excluding tert-OH is 1. The van der Waals surface area contributed by atoms with E-state index in [1.165, 1.54) is 50.5 Å². The quantitative estimate of drug-likeness (QED) is 0.355. The van der Waals surface area contributed by atoms with Crippen LogP contribution >= 0.6 is 0 Å². The van der Waals surface area contributed by atoms with E-state index >= 15 is 0 Å². The van der Waals surface area contributed by atoms with Crippen LogP contribution in [-0.2, 0) is 4.79 Å². The number of carbonyl (C=O) groups is 1. The highest BCUT2D eigenvalue weighted by Gasteiger charge is 2.80. The number of rotatable bonds is 9. The summed E-state index contributed by atoms with van der Waals surface area (Å²) in [6.07, 6.45) is 14.6. The molecule has 4 aliphatic rings. The van der Waals surface area contributed by atoms with Crippen LogP contribution in [0.15, 0.2) is 23.8 Å². The topological polar surface area (TPSA) is 57.5 Å². The van der Waals surface area contributed by atoms with E-state index < -0.39 is 5.97 Å². The molecule has 186 valence electrons. The van der Waals surface area contributed by atoms with Gasteiger partial charge in [-0.1, -0.05) is 39.0 Å². The Morgan fingerprint density at radius 3 is 2.48 bits per heavy atom. The van der Waals surface area contributed by atoms with Crippen LogP contribution in [0, 0.1) is 45.3 Å². The first-order valence-corrected chi connectivity index (χ1v) is 13.6. The maximum absolute atomic E-state index is 11.6. The zero-order valence-corrected chi connectivity index (χ0v) is 21.9. The Hall–Kier alpha value is -1.09. The van der Waals surface area contributed by atoms with Crippen LogP contribution in [0.3, 0.4) is 0 Å². The molecule has 0 heterocycles. The summed E-state index contributed by atoms with van der Waals surface area (Å²) in [4.78, 5) is 11.6. The lowest BCUT2D eigenvalue weighted by atomic mass is 9.43. The molecule has 4 saturated carbocycles. The number of carboxylic acids is 1. The van der Waals surface area contributed by atoms with Crippen molar-refractivity contribution in [1.29, 1.82) is 0 Å². The van der Waals surface area contributed by atoms with Crippen molar-refractivity contribution in [2.75, 3.05) is 6.61 Å². The van der Waals surface area contributed by atoms with Crippen LogP contribution in [0.2, 0.25) is 0 Å². The number of carboxylic acid groups (broad SMARTS) is 1. The van der Waals surface area contributed by atoms with Crippen molar-refractivity contribution in [3.63, 3.8) is 0 Å². The molecule has 1 spiro atoms. The summed E-state index contributed by atoms with van der Waals surface area (Å²) < 4.78 is 0. The fourth-order valence-corrected chi connectivity index (χ4v) is 10.1. The smallest absolute Gasteiger partial charge is 0.303 e. The summed E-state index contributed by atoms with van der Waals surface area (Å²) in [6.45, 7) is 16.4. The number of fused-ring (bicyclic) bond motifs is 2. The van der Waals surface area contributed by atoms with Crippen LogP contribution in [0.1, 0.15) is 105 Å². The van der Waals surface area contributed by atoms with Crippen LogP contribution in [0.4, 0.5) is 0 Å². The molecule has 0 aliphatic heterocycles. The fourth-order valence-electron chi connectivity index (χ4n) is 10.1. The van der Waals surface area contributed by atoms with Gasteiger partial charge in [0.1, 0.15) is 0 Å². The number of aliphatic carboxylic acids is 1. The molecule has 0 amide bonds.